The van der Waals surface area contributed by atoms with E-state index in [1.807, 2.05) is 25.1 Å². The van der Waals surface area contributed by atoms with Crippen LogP contribution in [-0.4, -0.2) is 34.0 Å². The minimum absolute atomic E-state index is 0.328. The number of sulfonamides is 1. The Balaban J connectivity index is 2.98. The Labute approximate surface area is 97.3 Å². The molecule has 0 saturated carbocycles. The van der Waals surface area contributed by atoms with Gasteiger partial charge in [-0.05, 0) is 31.8 Å². The van der Waals surface area contributed by atoms with E-state index in [9.17, 15) is 8.42 Å². The van der Waals surface area contributed by atoms with E-state index in [1.54, 1.807) is 25.1 Å². The Morgan fingerprint density at radius 3 is 2.56 bits per heavy atom. The van der Waals surface area contributed by atoms with E-state index in [0.717, 1.165) is 12.1 Å². The quantitative estimate of drug-likeness (QED) is 0.839. The molecule has 0 aliphatic carbocycles. The summed E-state index contributed by atoms with van der Waals surface area (Å²) in [6, 6.07) is 7.00. The molecule has 0 unspecified atom stereocenters. The van der Waals surface area contributed by atoms with Crippen LogP contribution in [0.4, 0.5) is 0 Å². The zero-order chi connectivity index (χ0) is 12.2. The highest BCUT2D eigenvalue weighted by atomic mass is 32.2. The normalized spacial score (nSPS) is 12.0. The number of nitrogens with zero attached hydrogens (tertiary/aromatic N) is 1. The van der Waals surface area contributed by atoms with Crippen LogP contribution in [-0.2, 0) is 16.6 Å². The van der Waals surface area contributed by atoms with Gasteiger partial charge in [0.05, 0.1) is 4.90 Å². The molecule has 0 fully saturated rings. The van der Waals surface area contributed by atoms with Crippen LogP contribution in [0.1, 0.15) is 12.5 Å². The van der Waals surface area contributed by atoms with Crippen LogP contribution in [0, 0.1) is 0 Å². The van der Waals surface area contributed by atoms with Gasteiger partial charge in [0.2, 0.25) is 10.0 Å². The predicted octanol–water partition coefficient (Wildman–Crippen LogP) is 1.05. The van der Waals surface area contributed by atoms with Crippen LogP contribution in [0.15, 0.2) is 29.2 Å². The fourth-order valence-electron chi connectivity index (χ4n) is 1.45. The molecule has 90 valence electrons. The summed E-state index contributed by atoms with van der Waals surface area (Å²) >= 11 is 0. The molecule has 0 atom stereocenters. The van der Waals surface area contributed by atoms with E-state index in [4.69, 9.17) is 0 Å². The standard InChI is InChI=1S/C11H18N2O2S/c1-4-12-16(14,15)11-7-5-6-10(8-11)9-13(2)3/h5-8,12H,4,9H2,1-3H3. The minimum Gasteiger partial charge on any atom is -0.305 e. The third kappa shape index (κ3) is 3.59. The summed E-state index contributed by atoms with van der Waals surface area (Å²) < 4.78 is 26.0. The lowest BCUT2D eigenvalue weighted by Crippen LogP contribution is -2.23. The van der Waals surface area contributed by atoms with Gasteiger partial charge in [-0.25, -0.2) is 13.1 Å². The van der Waals surface area contributed by atoms with Crippen molar-refractivity contribution in [2.45, 2.75) is 18.4 Å². The van der Waals surface area contributed by atoms with Gasteiger partial charge in [0.15, 0.2) is 0 Å². The van der Waals surface area contributed by atoms with Gasteiger partial charge in [0.25, 0.3) is 0 Å². The Morgan fingerprint density at radius 2 is 2.00 bits per heavy atom. The van der Waals surface area contributed by atoms with E-state index in [0.29, 0.717) is 11.4 Å². The van der Waals surface area contributed by atoms with Crippen molar-refractivity contribution in [3.63, 3.8) is 0 Å². The third-order valence-electron chi connectivity index (χ3n) is 2.04. The molecule has 5 heteroatoms. The monoisotopic (exact) mass is 242 g/mol. The Hall–Kier alpha value is -0.910. The summed E-state index contributed by atoms with van der Waals surface area (Å²) in [4.78, 5) is 2.33. The summed E-state index contributed by atoms with van der Waals surface area (Å²) in [5.41, 5.74) is 0.990. The first-order valence-corrected chi connectivity index (χ1v) is 6.67. The average Bonchev–Trinajstić information content (AvgIpc) is 2.17. The van der Waals surface area contributed by atoms with Gasteiger partial charge in [-0.15, -0.1) is 0 Å². The SMILES string of the molecule is CCNS(=O)(=O)c1cccc(CN(C)C)c1. The Kier molecular flexibility index (Phi) is 4.46. The first-order chi connectivity index (χ1) is 7.45. The van der Waals surface area contributed by atoms with Crippen LogP contribution >= 0.6 is 0 Å². The maximum atomic E-state index is 11.7. The van der Waals surface area contributed by atoms with Gasteiger partial charge in [0.1, 0.15) is 0 Å². The first kappa shape index (κ1) is 13.2. The molecular weight excluding hydrogens is 224 g/mol. The molecule has 0 saturated heterocycles. The molecule has 0 bridgehead atoms. The van der Waals surface area contributed by atoms with Gasteiger partial charge in [-0.1, -0.05) is 19.1 Å². The van der Waals surface area contributed by atoms with E-state index >= 15 is 0 Å². The predicted molar refractivity (Wildman–Crippen MR) is 64.7 cm³/mol. The van der Waals surface area contributed by atoms with Crippen molar-refractivity contribution in [3.05, 3.63) is 29.8 Å². The molecule has 1 aromatic carbocycles. The summed E-state index contributed by atoms with van der Waals surface area (Å²) in [5.74, 6) is 0. The van der Waals surface area contributed by atoms with Crippen LogP contribution in [0.2, 0.25) is 0 Å². The molecular formula is C11H18N2O2S. The molecule has 0 radical (unpaired) electrons. The van der Waals surface area contributed by atoms with Crippen molar-refractivity contribution < 1.29 is 8.42 Å². The van der Waals surface area contributed by atoms with Crippen LogP contribution in [0.5, 0.6) is 0 Å². The molecule has 0 amide bonds. The summed E-state index contributed by atoms with van der Waals surface area (Å²) in [5, 5.41) is 0. The topological polar surface area (TPSA) is 49.4 Å². The van der Waals surface area contributed by atoms with Crippen molar-refractivity contribution in [2.75, 3.05) is 20.6 Å². The average molecular weight is 242 g/mol. The van der Waals surface area contributed by atoms with E-state index < -0.39 is 10.0 Å². The smallest absolute Gasteiger partial charge is 0.240 e. The third-order valence-corrected chi connectivity index (χ3v) is 3.59. The van der Waals surface area contributed by atoms with Crippen molar-refractivity contribution in [1.82, 2.24) is 9.62 Å². The highest BCUT2D eigenvalue weighted by Crippen LogP contribution is 2.12. The molecule has 0 aromatic heterocycles. The summed E-state index contributed by atoms with van der Waals surface area (Å²) in [6.45, 7) is 2.90. The minimum atomic E-state index is -3.34. The van der Waals surface area contributed by atoms with Crippen LogP contribution < -0.4 is 4.72 Å². The highest BCUT2D eigenvalue weighted by Gasteiger charge is 2.12. The van der Waals surface area contributed by atoms with Gasteiger partial charge >= 0.3 is 0 Å². The lowest BCUT2D eigenvalue weighted by Gasteiger charge is -2.11. The molecule has 0 aliphatic heterocycles. The van der Waals surface area contributed by atoms with Gasteiger partial charge in [-0.3, -0.25) is 0 Å². The second-order valence-electron chi connectivity index (χ2n) is 3.89. The molecule has 16 heavy (non-hydrogen) atoms. The lowest BCUT2D eigenvalue weighted by atomic mass is 10.2. The second-order valence-corrected chi connectivity index (χ2v) is 5.65. The van der Waals surface area contributed by atoms with Crippen LogP contribution in [0.3, 0.4) is 0 Å². The number of nitrogens with one attached hydrogen (secondary N) is 1. The molecule has 0 aliphatic rings. The van der Waals surface area contributed by atoms with E-state index in [2.05, 4.69) is 4.72 Å². The highest BCUT2D eigenvalue weighted by molar-refractivity contribution is 7.89. The van der Waals surface area contributed by atoms with E-state index in [-0.39, 0.29) is 0 Å². The number of benzene rings is 1. The molecule has 0 spiro atoms. The molecule has 4 nitrogen and oxygen atoms in total. The molecule has 0 heterocycles. The Morgan fingerprint density at radius 1 is 1.31 bits per heavy atom. The summed E-state index contributed by atoms with van der Waals surface area (Å²) in [7, 11) is 0.563. The fourth-order valence-corrected chi connectivity index (χ4v) is 2.56. The van der Waals surface area contributed by atoms with Gasteiger partial charge < -0.3 is 4.90 Å². The molecule has 1 N–H and O–H groups in total. The number of rotatable bonds is 5. The summed E-state index contributed by atoms with van der Waals surface area (Å²) in [6.07, 6.45) is 0. The van der Waals surface area contributed by atoms with Crippen LogP contribution in [0.25, 0.3) is 0 Å². The maximum absolute atomic E-state index is 11.7. The Bertz CT molecular complexity index is 441. The lowest BCUT2D eigenvalue weighted by molar-refractivity contribution is 0.402. The zero-order valence-corrected chi connectivity index (χ0v) is 10.7. The van der Waals surface area contributed by atoms with Crippen molar-refractivity contribution >= 4 is 10.0 Å². The molecule has 1 rings (SSSR count). The van der Waals surface area contributed by atoms with Crippen molar-refractivity contribution in [1.29, 1.82) is 0 Å². The zero-order valence-electron chi connectivity index (χ0n) is 9.90. The maximum Gasteiger partial charge on any atom is 0.240 e. The largest absolute Gasteiger partial charge is 0.305 e. The van der Waals surface area contributed by atoms with Gasteiger partial charge in [-0.2, -0.15) is 0 Å². The van der Waals surface area contributed by atoms with E-state index in [1.165, 1.54) is 0 Å². The van der Waals surface area contributed by atoms with Crippen molar-refractivity contribution in [3.8, 4) is 0 Å². The number of hydrogen-bond acceptors (Lipinski definition) is 3. The first-order valence-electron chi connectivity index (χ1n) is 5.19. The van der Waals surface area contributed by atoms with Gasteiger partial charge in [0, 0.05) is 13.1 Å². The number of hydrogen-bond donors (Lipinski definition) is 1. The van der Waals surface area contributed by atoms with Crippen molar-refractivity contribution in [2.24, 2.45) is 0 Å². The molecule has 1 aromatic rings. The second kappa shape index (κ2) is 5.43. The fraction of sp³-hybridized carbons (Fsp3) is 0.455.